The molecule has 0 aliphatic rings. The van der Waals surface area contributed by atoms with Crippen molar-refractivity contribution in [2.24, 2.45) is 0 Å². The van der Waals surface area contributed by atoms with Crippen LogP contribution in [0.15, 0.2) is 23.1 Å². The van der Waals surface area contributed by atoms with E-state index in [1.807, 2.05) is 0 Å². The number of carbonyl (C=O) groups excluding carboxylic acids is 2. The van der Waals surface area contributed by atoms with Gasteiger partial charge in [-0.3, -0.25) is 15.0 Å². The third-order valence-electron chi connectivity index (χ3n) is 2.48. The second-order valence-corrected chi connectivity index (χ2v) is 6.92. The van der Waals surface area contributed by atoms with Crippen LogP contribution >= 0.6 is 11.6 Å². The van der Waals surface area contributed by atoms with Gasteiger partial charge in [-0.15, -0.1) is 4.83 Å². The molecule has 0 aliphatic heterocycles. The Kier molecular flexibility index (Phi) is 6.20. The Morgan fingerprint density at radius 1 is 1.17 bits per heavy atom. The van der Waals surface area contributed by atoms with Crippen LogP contribution in [0.1, 0.15) is 19.4 Å². The maximum absolute atomic E-state index is 12.7. The highest BCUT2D eigenvalue weighted by Crippen LogP contribution is 2.35. The third-order valence-corrected chi connectivity index (χ3v) is 4.05. The van der Waals surface area contributed by atoms with Crippen LogP contribution in [0.4, 0.5) is 13.2 Å². The molecule has 0 saturated carbocycles. The van der Waals surface area contributed by atoms with E-state index in [1.54, 1.807) is 19.3 Å². The lowest BCUT2D eigenvalue weighted by molar-refractivity contribution is -0.139. The van der Waals surface area contributed by atoms with Crippen molar-refractivity contribution in [1.29, 1.82) is 0 Å². The van der Waals surface area contributed by atoms with Gasteiger partial charge in [0.1, 0.15) is 0 Å². The summed E-state index contributed by atoms with van der Waals surface area (Å²) in [6.07, 6.45) is -4.86. The molecule has 24 heavy (non-hydrogen) atoms. The van der Waals surface area contributed by atoms with Crippen LogP contribution in [-0.4, -0.2) is 26.3 Å². The van der Waals surface area contributed by atoms with Gasteiger partial charge in [0, 0.05) is 6.04 Å². The number of hydrogen-bond acceptors (Lipinski definition) is 4. The summed E-state index contributed by atoms with van der Waals surface area (Å²) in [5, 5.41) is 1.52. The SMILES string of the molecule is CC(C)NC(=O)C(=O)NNS(=O)(=O)c1ccc(Cl)c(C(F)(F)F)c1. The molecular weight excluding hydrogens is 375 g/mol. The fourth-order valence-electron chi connectivity index (χ4n) is 1.45. The van der Waals surface area contributed by atoms with E-state index in [-0.39, 0.29) is 6.04 Å². The molecule has 0 atom stereocenters. The summed E-state index contributed by atoms with van der Waals surface area (Å²) in [7, 11) is -4.54. The molecule has 0 saturated heterocycles. The van der Waals surface area contributed by atoms with Crippen molar-refractivity contribution in [3.8, 4) is 0 Å². The number of nitrogens with one attached hydrogen (secondary N) is 3. The van der Waals surface area contributed by atoms with Crippen molar-refractivity contribution >= 4 is 33.4 Å². The normalized spacial score (nSPS) is 12.1. The van der Waals surface area contributed by atoms with Crippen LogP contribution in [-0.2, 0) is 25.8 Å². The molecule has 2 amide bonds. The molecule has 1 rings (SSSR count). The van der Waals surface area contributed by atoms with Crippen molar-refractivity contribution in [2.45, 2.75) is 31.0 Å². The zero-order valence-corrected chi connectivity index (χ0v) is 13.9. The van der Waals surface area contributed by atoms with E-state index in [9.17, 15) is 31.2 Å². The van der Waals surface area contributed by atoms with Crippen LogP contribution in [0.25, 0.3) is 0 Å². The van der Waals surface area contributed by atoms with Crippen molar-refractivity contribution < 1.29 is 31.2 Å². The summed E-state index contributed by atoms with van der Waals surface area (Å²) in [6, 6.07) is 1.52. The minimum absolute atomic E-state index is 0.311. The highest BCUT2D eigenvalue weighted by Gasteiger charge is 2.34. The smallest absolute Gasteiger partial charge is 0.346 e. The highest BCUT2D eigenvalue weighted by atomic mass is 35.5. The second-order valence-electron chi connectivity index (χ2n) is 4.83. The lowest BCUT2D eigenvalue weighted by Crippen LogP contribution is -2.49. The van der Waals surface area contributed by atoms with Gasteiger partial charge in [0.2, 0.25) is 0 Å². The molecule has 12 heteroatoms. The topological polar surface area (TPSA) is 104 Å². The Labute approximate surface area is 140 Å². The van der Waals surface area contributed by atoms with Gasteiger partial charge in [-0.2, -0.15) is 13.2 Å². The molecule has 0 unspecified atom stereocenters. The monoisotopic (exact) mass is 387 g/mol. The Bertz CT molecular complexity index is 750. The van der Waals surface area contributed by atoms with E-state index < -0.39 is 43.5 Å². The molecule has 1 aromatic rings. The van der Waals surface area contributed by atoms with Crippen molar-refractivity contribution in [1.82, 2.24) is 15.6 Å². The summed E-state index contributed by atoms with van der Waals surface area (Å²) in [5.41, 5.74) is 0.245. The molecule has 0 spiro atoms. The summed E-state index contributed by atoms with van der Waals surface area (Å²) < 4.78 is 62.0. The van der Waals surface area contributed by atoms with Gasteiger partial charge in [0.25, 0.3) is 10.0 Å². The number of hydrazine groups is 1. The maximum Gasteiger partial charge on any atom is 0.417 e. The first-order valence-electron chi connectivity index (χ1n) is 6.34. The zero-order chi connectivity index (χ0) is 18.7. The number of sulfonamides is 1. The van der Waals surface area contributed by atoms with Crippen LogP contribution in [0, 0.1) is 0 Å². The predicted octanol–water partition coefficient (Wildman–Crippen LogP) is 1.19. The van der Waals surface area contributed by atoms with E-state index >= 15 is 0 Å². The lowest BCUT2D eigenvalue weighted by Gasteiger charge is -2.13. The van der Waals surface area contributed by atoms with Gasteiger partial charge < -0.3 is 5.32 Å². The minimum Gasteiger partial charge on any atom is -0.346 e. The summed E-state index contributed by atoms with van der Waals surface area (Å²) in [5.74, 6) is -2.43. The lowest BCUT2D eigenvalue weighted by atomic mass is 10.2. The molecular formula is C12H13ClF3N3O4S. The first-order valence-corrected chi connectivity index (χ1v) is 8.20. The molecule has 0 aliphatic carbocycles. The number of hydrogen-bond donors (Lipinski definition) is 3. The molecule has 0 fully saturated rings. The average Bonchev–Trinajstić information content (AvgIpc) is 2.43. The first kappa shape index (κ1) is 20.2. The van der Waals surface area contributed by atoms with Gasteiger partial charge in [0.05, 0.1) is 15.5 Å². The van der Waals surface area contributed by atoms with Gasteiger partial charge in [-0.1, -0.05) is 11.6 Å². The van der Waals surface area contributed by atoms with Gasteiger partial charge in [-0.25, -0.2) is 8.42 Å². The van der Waals surface area contributed by atoms with E-state index in [0.717, 1.165) is 12.1 Å². The molecule has 1 aromatic carbocycles. The molecule has 3 N–H and O–H groups in total. The summed E-state index contributed by atoms with van der Waals surface area (Å²) >= 11 is 5.39. The van der Waals surface area contributed by atoms with Crippen LogP contribution in [0.2, 0.25) is 5.02 Å². The predicted molar refractivity (Wildman–Crippen MR) is 78.2 cm³/mol. The second kappa shape index (κ2) is 7.36. The summed E-state index contributed by atoms with van der Waals surface area (Å²) in [6.45, 7) is 3.14. The quantitative estimate of drug-likeness (QED) is 0.533. The highest BCUT2D eigenvalue weighted by molar-refractivity contribution is 7.89. The minimum atomic E-state index is -4.86. The molecule has 134 valence electrons. The third kappa shape index (κ3) is 5.35. The Balaban J connectivity index is 2.94. The number of rotatable bonds is 4. The number of amides is 2. The van der Waals surface area contributed by atoms with Crippen LogP contribution < -0.4 is 15.6 Å². The van der Waals surface area contributed by atoms with Gasteiger partial charge in [0.15, 0.2) is 0 Å². The van der Waals surface area contributed by atoms with E-state index in [2.05, 4.69) is 5.32 Å². The number of alkyl halides is 3. The largest absolute Gasteiger partial charge is 0.417 e. The van der Waals surface area contributed by atoms with Crippen molar-refractivity contribution in [3.63, 3.8) is 0 Å². The standard InChI is InChI=1S/C12H13ClF3N3O4S/c1-6(2)17-10(20)11(21)18-19-24(22,23)7-3-4-9(13)8(5-7)12(14,15)16/h3-6,19H,1-2H3,(H,17,20)(H,18,21). The molecule has 0 aromatic heterocycles. The molecule has 0 radical (unpaired) electrons. The zero-order valence-electron chi connectivity index (χ0n) is 12.4. The van der Waals surface area contributed by atoms with Crippen molar-refractivity contribution in [3.05, 3.63) is 28.8 Å². The maximum atomic E-state index is 12.7. The summed E-state index contributed by atoms with van der Waals surface area (Å²) in [4.78, 5) is 23.4. The number of halogens is 4. The van der Waals surface area contributed by atoms with Crippen LogP contribution in [0.3, 0.4) is 0 Å². The molecule has 0 heterocycles. The fraction of sp³-hybridized carbons (Fsp3) is 0.333. The van der Waals surface area contributed by atoms with E-state index in [0.29, 0.717) is 6.07 Å². The number of benzene rings is 1. The fourth-order valence-corrected chi connectivity index (χ4v) is 2.54. The molecule has 0 bridgehead atoms. The Morgan fingerprint density at radius 2 is 1.75 bits per heavy atom. The first-order chi connectivity index (χ1) is 10.8. The van der Waals surface area contributed by atoms with E-state index in [4.69, 9.17) is 11.6 Å². The van der Waals surface area contributed by atoms with E-state index in [1.165, 1.54) is 4.83 Å². The average molecular weight is 388 g/mol. The number of carbonyl (C=O) groups is 2. The van der Waals surface area contributed by atoms with Gasteiger partial charge >= 0.3 is 18.0 Å². The van der Waals surface area contributed by atoms with Crippen molar-refractivity contribution in [2.75, 3.05) is 0 Å². The molecule has 7 nitrogen and oxygen atoms in total. The van der Waals surface area contributed by atoms with Gasteiger partial charge in [-0.05, 0) is 32.0 Å². The Hall–Kier alpha value is -1.85. The van der Waals surface area contributed by atoms with Crippen LogP contribution in [0.5, 0.6) is 0 Å². The Morgan fingerprint density at radius 3 is 2.25 bits per heavy atom.